The van der Waals surface area contributed by atoms with Gasteiger partial charge in [-0.15, -0.1) is 11.3 Å². The molecule has 21 heavy (non-hydrogen) atoms. The van der Waals surface area contributed by atoms with Gasteiger partial charge in [-0.3, -0.25) is 0 Å². The molecule has 0 saturated carbocycles. The number of nitrogens with one attached hydrogen (secondary N) is 1. The van der Waals surface area contributed by atoms with Crippen molar-refractivity contribution in [1.29, 1.82) is 0 Å². The summed E-state index contributed by atoms with van der Waals surface area (Å²) in [4.78, 5) is 5.44. The zero-order valence-corrected chi connectivity index (χ0v) is 13.8. The molecular weight excluding hydrogens is 326 g/mol. The van der Waals surface area contributed by atoms with Crippen LogP contribution in [0, 0.1) is 0 Å². The van der Waals surface area contributed by atoms with E-state index in [1.54, 1.807) is 24.4 Å². The third-order valence-corrected chi connectivity index (χ3v) is 5.63. The highest BCUT2D eigenvalue weighted by atomic mass is 32.2. The first-order chi connectivity index (χ1) is 9.94. The summed E-state index contributed by atoms with van der Waals surface area (Å²) in [6.07, 6.45) is 2.64. The Morgan fingerprint density at radius 1 is 1.43 bits per heavy atom. The minimum atomic E-state index is -3.68. The standard InChI is InChI=1S/C13H15N3O2S3/c1-2-9-7-15-12(20-9)8-16-21(17,18)11-6-4-3-5-10(11)13(14)19/h3-7,16H,2,8H2,1H3,(H2,14,19). The van der Waals surface area contributed by atoms with Crippen LogP contribution in [0.2, 0.25) is 0 Å². The van der Waals surface area contributed by atoms with Crippen molar-refractivity contribution in [2.24, 2.45) is 5.73 Å². The second-order valence-corrected chi connectivity index (χ2v) is 7.63. The van der Waals surface area contributed by atoms with E-state index in [1.165, 1.54) is 17.4 Å². The maximum Gasteiger partial charge on any atom is 0.241 e. The van der Waals surface area contributed by atoms with Crippen molar-refractivity contribution >= 4 is 38.6 Å². The predicted octanol–water partition coefficient (Wildman–Crippen LogP) is 1.82. The molecule has 1 aromatic carbocycles. The minimum Gasteiger partial charge on any atom is -0.389 e. The second kappa shape index (κ2) is 6.61. The molecular formula is C13H15N3O2S3. The van der Waals surface area contributed by atoms with Crippen molar-refractivity contribution < 1.29 is 8.42 Å². The van der Waals surface area contributed by atoms with Crippen molar-refractivity contribution in [2.45, 2.75) is 24.8 Å². The van der Waals surface area contributed by atoms with E-state index in [9.17, 15) is 8.42 Å². The maximum absolute atomic E-state index is 12.4. The van der Waals surface area contributed by atoms with Gasteiger partial charge in [0.05, 0.1) is 11.4 Å². The van der Waals surface area contributed by atoms with Crippen molar-refractivity contribution in [3.05, 3.63) is 45.9 Å². The first-order valence-corrected chi connectivity index (χ1v) is 8.97. The van der Waals surface area contributed by atoms with E-state index in [0.29, 0.717) is 5.56 Å². The first-order valence-electron chi connectivity index (χ1n) is 6.26. The summed E-state index contributed by atoms with van der Waals surface area (Å²) in [5.74, 6) is 0. The fraction of sp³-hybridized carbons (Fsp3) is 0.231. The maximum atomic E-state index is 12.4. The van der Waals surface area contributed by atoms with E-state index < -0.39 is 10.0 Å². The molecule has 2 rings (SSSR count). The molecule has 0 bridgehead atoms. The van der Waals surface area contributed by atoms with Gasteiger partial charge in [0.1, 0.15) is 10.00 Å². The largest absolute Gasteiger partial charge is 0.389 e. The second-order valence-electron chi connectivity index (χ2n) is 4.26. The Labute approximate surface area is 133 Å². The van der Waals surface area contributed by atoms with Crippen LogP contribution in [0.3, 0.4) is 0 Å². The van der Waals surface area contributed by atoms with Crippen molar-refractivity contribution in [3.63, 3.8) is 0 Å². The first kappa shape index (κ1) is 16.0. The molecule has 0 aliphatic rings. The summed E-state index contributed by atoms with van der Waals surface area (Å²) >= 11 is 6.38. The zero-order valence-electron chi connectivity index (χ0n) is 11.4. The van der Waals surface area contributed by atoms with E-state index in [0.717, 1.165) is 16.3 Å². The summed E-state index contributed by atoms with van der Waals surface area (Å²) in [7, 11) is -3.68. The van der Waals surface area contributed by atoms with Crippen molar-refractivity contribution in [1.82, 2.24) is 9.71 Å². The van der Waals surface area contributed by atoms with E-state index >= 15 is 0 Å². The lowest BCUT2D eigenvalue weighted by molar-refractivity contribution is 0.581. The zero-order chi connectivity index (χ0) is 15.5. The van der Waals surface area contributed by atoms with Gasteiger partial charge < -0.3 is 5.73 Å². The number of thiocarbonyl (C=S) groups is 1. The molecule has 0 aliphatic carbocycles. The van der Waals surface area contributed by atoms with Crippen LogP contribution in [-0.4, -0.2) is 18.4 Å². The van der Waals surface area contributed by atoms with Crippen molar-refractivity contribution in [3.8, 4) is 0 Å². The Hall–Kier alpha value is -1.35. The molecule has 1 heterocycles. The summed E-state index contributed by atoms with van der Waals surface area (Å²) in [6, 6.07) is 6.41. The number of aromatic nitrogens is 1. The topological polar surface area (TPSA) is 85.1 Å². The number of hydrogen-bond donors (Lipinski definition) is 2. The third kappa shape index (κ3) is 3.85. The molecule has 0 atom stereocenters. The fourth-order valence-electron chi connectivity index (χ4n) is 1.73. The van der Waals surface area contributed by atoms with Gasteiger partial charge in [-0.05, 0) is 12.5 Å². The fourth-order valence-corrected chi connectivity index (χ4v) is 4.08. The summed E-state index contributed by atoms with van der Waals surface area (Å²) in [5, 5.41) is 0.725. The van der Waals surface area contributed by atoms with E-state index in [2.05, 4.69) is 9.71 Å². The van der Waals surface area contributed by atoms with Crippen LogP contribution in [0.5, 0.6) is 0 Å². The quantitative estimate of drug-likeness (QED) is 0.783. The normalized spacial score (nSPS) is 11.5. The molecule has 0 aliphatic heterocycles. The highest BCUT2D eigenvalue weighted by Crippen LogP contribution is 2.17. The van der Waals surface area contributed by atoms with Gasteiger partial charge in [-0.1, -0.05) is 37.3 Å². The molecule has 0 amide bonds. The van der Waals surface area contributed by atoms with Crippen LogP contribution in [0.25, 0.3) is 0 Å². The van der Waals surface area contributed by atoms with Crippen LogP contribution in [0.4, 0.5) is 0 Å². The smallest absolute Gasteiger partial charge is 0.241 e. The molecule has 0 saturated heterocycles. The number of hydrogen-bond acceptors (Lipinski definition) is 5. The molecule has 5 nitrogen and oxygen atoms in total. The molecule has 8 heteroatoms. The third-order valence-electron chi connectivity index (χ3n) is 2.81. The minimum absolute atomic E-state index is 0.0542. The van der Waals surface area contributed by atoms with Crippen LogP contribution < -0.4 is 10.5 Å². The van der Waals surface area contributed by atoms with Crippen molar-refractivity contribution in [2.75, 3.05) is 0 Å². The summed E-state index contributed by atoms with van der Waals surface area (Å²) in [6.45, 7) is 2.18. The number of thiazole rings is 1. The van der Waals surface area contributed by atoms with Gasteiger partial charge >= 0.3 is 0 Å². The molecule has 0 spiro atoms. The number of nitrogens with zero attached hydrogens (tertiary/aromatic N) is 1. The highest BCUT2D eigenvalue weighted by molar-refractivity contribution is 7.89. The van der Waals surface area contributed by atoms with E-state index in [4.69, 9.17) is 18.0 Å². The lowest BCUT2D eigenvalue weighted by Crippen LogP contribution is -2.26. The number of aryl methyl sites for hydroxylation is 1. The van der Waals surface area contributed by atoms with Gasteiger partial charge in [0, 0.05) is 16.6 Å². The van der Waals surface area contributed by atoms with Gasteiger partial charge in [0.15, 0.2) is 0 Å². The number of sulfonamides is 1. The average molecular weight is 341 g/mol. The Kier molecular flexibility index (Phi) is 5.04. The molecule has 0 radical (unpaired) electrons. The molecule has 2 aromatic rings. The Bertz CT molecular complexity index is 754. The van der Waals surface area contributed by atoms with Gasteiger partial charge in [-0.2, -0.15) is 0 Å². The monoisotopic (exact) mass is 341 g/mol. The van der Waals surface area contributed by atoms with Gasteiger partial charge in [0.2, 0.25) is 10.0 Å². The Balaban J connectivity index is 2.21. The molecule has 1 aromatic heterocycles. The SMILES string of the molecule is CCc1cnc(CNS(=O)(=O)c2ccccc2C(N)=S)s1. The lowest BCUT2D eigenvalue weighted by atomic mass is 10.2. The number of nitrogens with two attached hydrogens (primary N) is 1. The van der Waals surface area contributed by atoms with Crippen LogP contribution in [-0.2, 0) is 23.0 Å². The van der Waals surface area contributed by atoms with Gasteiger partial charge in [0.25, 0.3) is 0 Å². The molecule has 3 N–H and O–H groups in total. The lowest BCUT2D eigenvalue weighted by Gasteiger charge is -2.09. The van der Waals surface area contributed by atoms with Crippen LogP contribution in [0.1, 0.15) is 22.4 Å². The Morgan fingerprint density at radius 2 is 2.14 bits per heavy atom. The van der Waals surface area contributed by atoms with Gasteiger partial charge in [-0.25, -0.2) is 18.1 Å². The van der Waals surface area contributed by atoms with Crippen LogP contribution in [0.15, 0.2) is 35.4 Å². The van der Waals surface area contributed by atoms with E-state index in [1.807, 2.05) is 6.92 Å². The highest BCUT2D eigenvalue weighted by Gasteiger charge is 2.19. The number of benzene rings is 1. The molecule has 0 unspecified atom stereocenters. The van der Waals surface area contributed by atoms with Crippen LogP contribution >= 0.6 is 23.6 Å². The molecule has 0 fully saturated rings. The number of rotatable bonds is 6. The predicted molar refractivity (Wildman–Crippen MR) is 87.8 cm³/mol. The Morgan fingerprint density at radius 3 is 2.76 bits per heavy atom. The van der Waals surface area contributed by atoms with E-state index in [-0.39, 0.29) is 16.4 Å². The average Bonchev–Trinajstić information content (AvgIpc) is 2.93. The summed E-state index contributed by atoms with van der Waals surface area (Å²) in [5.41, 5.74) is 5.91. The summed E-state index contributed by atoms with van der Waals surface area (Å²) < 4.78 is 27.2. The molecule has 112 valence electrons.